The molecule has 1 heterocycles. The number of hydrogen-bond donors (Lipinski definition) is 2. The minimum atomic E-state index is -1.82. The lowest BCUT2D eigenvalue weighted by Crippen LogP contribution is -2.17. The third kappa shape index (κ3) is 8.93. The van der Waals surface area contributed by atoms with Gasteiger partial charge in [0.25, 0.3) is 0 Å². The van der Waals surface area contributed by atoms with Gasteiger partial charge in [0, 0.05) is 34.5 Å². The van der Waals surface area contributed by atoms with Gasteiger partial charge in [-0.2, -0.15) is 0 Å². The van der Waals surface area contributed by atoms with Crippen molar-refractivity contribution in [1.82, 2.24) is 9.88 Å². The van der Waals surface area contributed by atoms with Crippen LogP contribution in [0.5, 0.6) is 0 Å². The van der Waals surface area contributed by atoms with Crippen molar-refractivity contribution in [2.75, 3.05) is 27.2 Å². The first-order valence-electron chi connectivity index (χ1n) is 7.78. The highest BCUT2D eigenvalue weighted by atomic mass is 79.9. The lowest BCUT2D eigenvalue weighted by atomic mass is 10.0. The molecular weight excluding hydrogens is 418 g/mol. The first-order valence-corrected chi connectivity index (χ1v) is 8.57. The quantitative estimate of drug-likeness (QED) is 0.308. The first kappa shape index (κ1) is 22.3. The molecule has 9 heteroatoms. The number of carboxylic acids is 2. The molecule has 0 aliphatic rings. The van der Waals surface area contributed by atoms with E-state index >= 15 is 0 Å². The number of oxime groups is 1. The van der Waals surface area contributed by atoms with Gasteiger partial charge in [-0.25, -0.2) is 9.59 Å². The molecule has 144 valence electrons. The summed E-state index contributed by atoms with van der Waals surface area (Å²) in [5, 5.41) is 19.1. The van der Waals surface area contributed by atoms with Gasteiger partial charge in [0.05, 0.1) is 0 Å². The average molecular weight is 438 g/mol. The first-order chi connectivity index (χ1) is 12.8. The van der Waals surface area contributed by atoms with E-state index in [2.05, 4.69) is 31.0 Å². The molecule has 0 aliphatic heterocycles. The van der Waals surface area contributed by atoms with E-state index in [1.807, 2.05) is 50.5 Å². The third-order valence-corrected chi connectivity index (χ3v) is 3.57. The van der Waals surface area contributed by atoms with E-state index in [-0.39, 0.29) is 0 Å². The Hall–Kier alpha value is -2.78. The summed E-state index contributed by atoms with van der Waals surface area (Å²) < 4.78 is 1.04. The molecule has 2 rings (SSSR count). The SMILES string of the molecule is CN(C)CCO/N=C(\c1ccncc1)c1ccc(Br)cc1.O=C(O)C(=O)O. The number of rotatable bonds is 6. The molecule has 0 fully saturated rings. The van der Waals surface area contributed by atoms with Crippen LogP contribution in [0, 0.1) is 0 Å². The minimum absolute atomic E-state index is 0.554. The van der Waals surface area contributed by atoms with Gasteiger partial charge in [-0.15, -0.1) is 0 Å². The Kier molecular flexibility index (Phi) is 9.70. The molecule has 0 amide bonds. The summed E-state index contributed by atoms with van der Waals surface area (Å²) in [7, 11) is 4.01. The molecule has 27 heavy (non-hydrogen) atoms. The van der Waals surface area contributed by atoms with Gasteiger partial charge in [-0.3, -0.25) is 4.98 Å². The zero-order valence-corrected chi connectivity index (χ0v) is 16.5. The number of benzene rings is 1. The van der Waals surface area contributed by atoms with Crippen LogP contribution in [-0.2, 0) is 14.4 Å². The van der Waals surface area contributed by atoms with Crippen molar-refractivity contribution in [3.05, 3.63) is 64.4 Å². The molecule has 2 aromatic rings. The van der Waals surface area contributed by atoms with Crippen LogP contribution in [0.2, 0.25) is 0 Å². The number of hydrogen-bond acceptors (Lipinski definition) is 6. The highest BCUT2D eigenvalue weighted by molar-refractivity contribution is 9.10. The van der Waals surface area contributed by atoms with E-state index in [9.17, 15) is 0 Å². The molecule has 1 aromatic carbocycles. The number of likely N-dealkylation sites (N-methyl/N-ethyl adjacent to an activating group) is 1. The Balaban J connectivity index is 0.000000527. The Bertz CT molecular complexity index is 752. The Morgan fingerprint density at radius 2 is 1.56 bits per heavy atom. The van der Waals surface area contributed by atoms with Crippen molar-refractivity contribution in [3.63, 3.8) is 0 Å². The molecule has 0 saturated heterocycles. The molecule has 0 saturated carbocycles. The van der Waals surface area contributed by atoms with Gasteiger partial charge in [-0.1, -0.05) is 33.2 Å². The van der Waals surface area contributed by atoms with Crippen LogP contribution in [-0.4, -0.2) is 65.0 Å². The number of aliphatic carboxylic acids is 2. The summed E-state index contributed by atoms with van der Waals surface area (Å²) in [5.74, 6) is -3.65. The van der Waals surface area contributed by atoms with Gasteiger partial charge in [0.15, 0.2) is 0 Å². The Morgan fingerprint density at radius 1 is 1.04 bits per heavy atom. The van der Waals surface area contributed by atoms with E-state index in [0.29, 0.717) is 6.61 Å². The maximum atomic E-state index is 9.10. The lowest BCUT2D eigenvalue weighted by Gasteiger charge is -2.10. The lowest BCUT2D eigenvalue weighted by molar-refractivity contribution is -0.159. The Labute approximate surface area is 165 Å². The molecule has 0 radical (unpaired) electrons. The van der Waals surface area contributed by atoms with Crippen molar-refractivity contribution in [1.29, 1.82) is 0 Å². The summed E-state index contributed by atoms with van der Waals surface area (Å²) >= 11 is 3.44. The standard InChI is InChI=1S/C16H18BrN3O.C2H2O4/c1-20(2)11-12-21-19-16(14-7-9-18-10-8-14)13-3-5-15(17)6-4-13;3-1(4)2(5)6/h3-10H,11-12H2,1-2H3;(H,3,4)(H,5,6)/b19-16-;. The third-order valence-electron chi connectivity index (χ3n) is 3.04. The summed E-state index contributed by atoms with van der Waals surface area (Å²) in [4.78, 5) is 29.8. The second-order valence-electron chi connectivity index (χ2n) is 5.43. The topological polar surface area (TPSA) is 112 Å². The van der Waals surface area contributed by atoms with Gasteiger partial charge >= 0.3 is 11.9 Å². The summed E-state index contributed by atoms with van der Waals surface area (Å²) in [6.07, 6.45) is 3.51. The summed E-state index contributed by atoms with van der Waals surface area (Å²) in [6.45, 7) is 1.38. The maximum absolute atomic E-state index is 9.10. The van der Waals surface area contributed by atoms with Crippen LogP contribution in [0.3, 0.4) is 0 Å². The number of nitrogens with zero attached hydrogens (tertiary/aromatic N) is 3. The Morgan fingerprint density at radius 3 is 2.04 bits per heavy atom. The number of carbonyl (C=O) groups is 2. The van der Waals surface area contributed by atoms with Crippen LogP contribution in [0.15, 0.2) is 58.4 Å². The molecular formula is C18H20BrN3O5. The van der Waals surface area contributed by atoms with Gasteiger partial charge in [0.2, 0.25) is 0 Å². The summed E-state index contributed by atoms with van der Waals surface area (Å²) in [6, 6.07) is 11.9. The van der Waals surface area contributed by atoms with Gasteiger partial charge in [0.1, 0.15) is 12.3 Å². The van der Waals surface area contributed by atoms with Crippen molar-refractivity contribution >= 4 is 33.6 Å². The molecule has 1 aromatic heterocycles. The number of aromatic nitrogens is 1. The van der Waals surface area contributed by atoms with E-state index in [0.717, 1.165) is 27.9 Å². The van der Waals surface area contributed by atoms with E-state index < -0.39 is 11.9 Å². The molecule has 0 spiro atoms. The smallest absolute Gasteiger partial charge is 0.414 e. The second-order valence-corrected chi connectivity index (χ2v) is 6.35. The van der Waals surface area contributed by atoms with Crippen molar-refractivity contribution < 1.29 is 24.6 Å². The zero-order chi connectivity index (χ0) is 20.2. The number of carboxylic acid groups (broad SMARTS) is 2. The molecule has 0 unspecified atom stereocenters. The maximum Gasteiger partial charge on any atom is 0.414 e. The predicted octanol–water partition coefficient (Wildman–Crippen LogP) is 2.33. The monoisotopic (exact) mass is 437 g/mol. The van der Waals surface area contributed by atoms with Crippen LogP contribution in [0.25, 0.3) is 0 Å². The fourth-order valence-corrected chi connectivity index (χ4v) is 1.99. The largest absolute Gasteiger partial charge is 0.473 e. The molecule has 0 atom stereocenters. The highest BCUT2D eigenvalue weighted by Gasteiger charge is 2.08. The van der Waals surface area contributed by atoms with Crippen LogP contribution in [0.4, 0.5) is 0 Å². The fourth-order valence-electron chi connectivity index (χ4n) is 1.72. The molecule has 2 N–H and O–H groups in total. The second kappa shape index (κ2) is 11.8. The van der Waals surface area contributed by atoms with Gasteiger partial charge in [-0.05, 0) is 38.4 Å². The van der Waals surface area contributed by atoms with Crippen LogP contribution >= 0.6 is 15.9 Å². The zero-order valence-electron chi connectivity index (χ0n) is 14.9. The minimum Gasteiger partial charge on any atom is -0.473 e. The van der Waals surface area contributed by atoms with Crippen molar-refractivity contribution in [2.45, 2.75) is 0 Å². The van der Waals surface area contributed by atoms with Crippen molar-refractivity contribution in [2.24, 2.45) is 5.16 Å². The predicted molar refractivity (Wildman–Crippen MR) is 104 cm³/mol. The molecule has 8 nitrogen and oxygen atoms in total. The van der Waals surface area contributed by atoms with E-state index in [1.165, 1.54) is 0 Å². The normalized spacial score (nSPS) is 10.7. The number of pyridine rings is 1. The summed E-state index contributed by atoms with van der Waals surface area (Å²) in [5.41, 5.74) is 2.80. The van der Waals surface area contributed by atoms with E-state index in [4.69, 9.17) is 24.6 Å². The van der Waals surface area contributed by atoms with Crippen LogP contribution < -0.4 is 0 Å². The van der Waals surface area contributed by atoms with Crippen LogP contribution in [0.1, 0.15) is 11.1 Å². The average Bonchev–Trinajstić information content (AvgIpc) is 2.64. The number of halogens is 1. The van der Waals surface area contributed by atoms with Crippen molar-refractivity contribution in [3.8, 4) is 0 Å². The van der Waals surface area contributed by atoms with Gasteiger partial charge < -0.3 is 20.0 Å². The highest BCUT2D eigenvalue weighted by Crippen LogP contribution is 2.15. The fraction of sp³-hybridized carbons (Fsp3) is 0.222. The van der Waals surface area contributed by atoms with E-state index in [1.54, 1.807) is 12.4 Å². The molecule has 0 aliphatic carbocycles. The molecule has 0 bridgehead atoms.